The topological polar surface area (TPSA) is 190 Å². The Morgan fingerprint density at radius 1 is 1.16 bits per heavy atom. The fourth-order valence-corrected chi connectivity index (χ4v) is 7.16. The molecule has 14 nitrogen and oxygen atoms in total. The molecule has 1 saturated heterocycles. The molecule has 0 saturated carbocycles. The zero-order valence-electron chi connectivity index (χ0n) is 32.8. The summed E-state index contributed by atoms with van der Waals surface area (Å²) in [6.07, 6.45) is -0.677. The van der Waals surface area contributed by atoms with Crippen LogP contribution in [0, 0.1) is 11.3 Å². The maximum absolute atomic E-state index is 14.2. The smallest absolute Gasteiger partial charge is 0.409 e. The highest BCUT2D eigenvalue weighted by molar-refractivity contribution is 6.35. The first kappa shape index (κ1) is 43.1. The number of nitrogens with zero attached hydrogens (tertiary/aromatic N) is 2. The molecule has 55 heavy (non-hydrogen) atoms. The van der Waals surface area contributed by atoms with Gasteiger partial charge in [0.1, 0.15) is 35.1 Å². The van der Waals surface area contributed by atoms with Crippen LogP contribution < -0.4 is 20.7 Å². The first-order valence-electron chi connectivity index (χ1n) is 18.0. The fraction of sp³-hybridized carbons (Fsp3) is 0.500. The van der Waals surface area contributed by atoms with Crippen molar-refractivity contribution in [2.24, 2.45) is 11.3 Å². The van der Waals surface area contributed by atoms with Gasteiger partial charge in [-0.05, 0) is 62.2 Å². The Balaban J connectivity index is 1.79. The Labute approximate surface area is 327 Å². The molecule has 1 fully saturated rings. The second-order valence-electron chi connectivity index (χ2n) is 15.0. The van der Waals surface area contributed by atoms with Crippen molar-refractivity contribution < 1.29 is 48.3 Å². The van der Waals surface area contributed by atoms with Gasteiger partial charge in [-0.3, -0.25) is 14.9 Å². The zero-order chi connectivity index (χ0) is 41.0. The van der Waals surface area contributed by atoms with Gasteiger partial charge < -0.3 is 44.7 Å². The Morgan fingerprint density at radius 2 is 1.82 bits per heavy atom. The van der Waals surface area contributed by atoms with Crippen LogP contribution in [0.4, 0.5) is 16.2 Å². The van der Waals surface area contributed by atoms with Crippen molar-refractivity contribution in [3.8, 4) is 5.75 Å². The van der Waals surface area contributed by atoms with Crippen molar-refractivity contribution in [3.05, 3.63) is 76.3 Å². The maximum Gasteiger partial charge on any atom is 0.409 e. The Bertz CT molecular complexity index is 1820. The summed E-state index contributed by atoms with van der Waals surface area (Å²) >= 11 is 6.76. The van der Waals surface area contributed by atoms with E-state index < -0.39 is 77.8 Å². The van der Waals surface area contributed by atoms with Crippen LogP contribution in [0.1, 0.15) is 63.4 Å². The van der Waals surface area contributed by atoms with E-state index in [2.05, 4.69) is 5.32 Å². The Kier molecular flexibility index (Phi) is 13.7. The van der Waals surface area contributed by atoms with Gasteiger partial charge in [0.15, 0.2) is 5.72 Å². The van der Waals surface area contributed by atoms with Crippen LogP contribution in [-0.4, -0.2) is 103 Å². The van der Waals surface area contributed by atoms with Gasteiger partial charge in [-0.2, -0.15) is 0 Å². The summed E-state index contributed by atoms with van der Waals surface area (Å²) in [6.45, 7) is 8.27. The van der Waals surface area contributed by atoms with Crippen LogP contribution in [0.2, 0.25) is 5.02 Å². The third-order valence-electron chi connectivity index (χ3n) is 10.7. The van der Waals surface area contributed by atoms with E-state index in [1.807, 2.05) is 13.0 Å². The predicted molar refractivity (Wildman–Crippen MR) is 208 cm³/mol. The van der Waals surface area contributed by atoms with E-state index in [9.17, 15) is 29.4 Å². The molecule has 2 heterocycles. The van der Waals surface area contributed by atoms with E-state index in [0.717, 1.165) is 11.1 Å². The minimum atomic E-state index is -1.92. The summed E-state index contributed by atoms with van der Waals surface area (Å²) in [5, 5.41) is 26.5. The lowest BCUT2D eigenvalue weighted by Crippen LogP contribution is -2.64. The number of hydrogen-bond acceptors (Lipinski definition) is 11. The number of carbonyl (C=O) groups is 4. The zero-order valence-corrected chi connectivity index (χ0v) is 33.5. The van der Waals surface area contributed by atoms with Gasteiger partial charge in [0.25, 0.3) is 5.91 Å². The number of amides is 3. The summed E-state index contributed by atoms with van der Waals surface area (Å²) in [4.78, 5) is 56.9. The molecule has 5 N–H and O–H groups in total. The number of allylic oxidation sites excluding steroid dienone is 3. The molecule has 4 rings (SSSR count). The molecule has 2 aromatic rings. The lowest BCUT2D eigenvalue weighted by molar-refractivity contribution is -0.177. The number of nitrogen functional groups attached to an aromatic ring is 1. The molecule has 2 aromatic carbocycles. The lowest BCUT2D eigenvalue weighted by atomic mass is 9.72. The summed E-state index contributed by atoms with van der Waals surface area (Å²) in [7, 11) is 5.85. The number of fused-ring (bicyclic) bond motifs is 4. The highest BCUT2D eigenvalue weighted by Crippen LogP contribution is 2.41. The van der Waals surface area contributed by atoms with E-state index >= 15 is 0 Å². The number of methoxy groups -OCH3 is 2. The molecule has 15 heteroatoms. The highest BCUT2D eigenvalue weighted by atomic mass is 35.5. The van der Waals surface area contributed by atoms with Crippen LogP contribution in [-0.2, 0) is 30.2 Å². The van der Waals surface area contributed by atoms with Gasteiger partial charge in [0.2, 0.25) is 5.91 Å². The van der Waals surface area contributed by atoms with Crippen LogP contribution in [0.15, 0.2) is 60.2 Å². The molecule has 7 atom stereocenters. The minimum absolute atomic E-state index is 0.177. The molecule has 0 aliphatic carbocycles. The number of esters is 1. The van der Waals surface area contributed by atoms with Crippen molar-refractivity contribution in [2.75, 3.05) is 38.9 Å². The number of carbonyl (C=O) groups excluding carboxylic acids is 4. The van der Waals surface area contributed by atoms with E-state index in [1.165, 1.54) is 45.0 Å². The molecule has 4 bridgehead atoms. The normalized spacial score (nSPS) is 28.1. The van der Waals surface area contributed by atoms with Crippen molar-refractivity contribution in [1.29, 1.82) is 0 Å². The molecule has 0 radical (unpaired) electrons. The van der Waals surface area contributed by atoms with Crippen LogP contribution in [0.3, 0.4) is 0 Å². The second-order valence-corrected chi connectivity index (χ2v) is 15.4. The third kappa shape index (κ3) is 9.61. The molecule has 3 amide bonds. The van der Waals surface area contributed by atoms with Crippen molar-refractivity contribution in [2.45, 2.75) is 90.1 Å². The van der Waals surface area contributed by atoms with Crippen LogP contribution >= 0.6 is 11.6 Å². The summed E-state index contributed by atoms with van der Waals surface area (Å²) in [5.41, 5.74) is 5.24. The monoisotopic (exact) mass is 784 g/mol. The molecule has 2 aliphatic rings. The number of ether oxygens (including phenoxy) is 4. The highest BCUT2D eigenvalue weighted by Gasteiger charge is 2.51. The minimum Gasteiger partial charge on any atom is -0.495 e. The number of aliphatic hydroxyl groups excluding tert-OH is 1. The number of benzene rings is 2. The Morgan fingerprint density at radius 3 is 2.44 bits per heavy atom. The number of alkyl carbamates (subject to hydrolysis) is 1. The van der Waals surface area contributed by atoms with Gasteiger partial charge in [-0.1, -0.05) is 56.2 Å². The average Bonchev–Trinajstić information content (AvgIpc) is 3.14. The molecule has 0 unspecified atom stereocenters. The number of rotatable bonds is 6. The van der Waals surface area contributed by atoms with Gasteiger partial charge in [-0.25, -0.2) is 9.59 Å². The number of aliphatic hydroxyl groups is 2. The van der Waals surface area contributed by atoms with E-state index in [0.29, 0.717) is 29.1 Å². The summed E-state index contributed by atoms with van der Waals surface area (Å²) in [5.74, 6) is -2.34. The van der Waals surface area contributed by atoms with E-state index in [4.69, 9.17) is 36.3 Å². The van der Waals surface area contributed by atoms with E-state index in [1.54, 1.807) is 69.3 Å². The Hall–Kier alpha value is -4.63. The predicted octanol–water partition coefficient (Wildman–Crippen LogP) is 4.64. The fourth-order valence-electron chi connectivity index (χ4n) is 6.85. The van der Waals surface area contributed by atoms with E-state index in [-0.39, 0.29) is 11.4 Å². The van der Waals surface area contributed by atoms with Crippen LogP contribution in [0.5, 0.6) is 5.75 Å². The number of hydrogen-bond donors (Lipinski definition) is 4. The quantitative estimate of drug-likeness (QED) is 0.236. The molecule has 300 valence electrons. The van der Waals surface area contributed by atoms with Gasteiger partial charge in [-0.15, -0.1) is 0 Å². The molecular formula is C40H53ClN4O10. The number of nitrogens with two attached hydrogens (primary N) is 1. The molecule has 0 spiro atoms. The van der Waals surface area contributed by atoms with Gasteiger partial charge in [0, 0.05) is 50.2 Å². The average molecular weight is 785 g/mol. The lowest BCUT2D eigenvalue weighted by Gasteiger charge is -2.46. The molecule has 0 aromatic heterocycles. The van der Waals surface area contributed by atoms with Gasteiger partial charge >= 0.3 is 12.1 Å². The first-order chi connectivity index (χ1) is 25.7. The van der Waals surface area contributed by atoms with Gasteiger partial charge in [0.05, 0.1) is 25.3 Å². The molecular weight excluding hydrogens is 732 g/mol. The number of likely N-dealkylation sites (N-methyl/N-ethyl adjacent to an activating group) is 1. The SMILES string of the molecule is COc1cc2cc(c1Cl)N(C)C(=O)C[C@H](OC(=O)[C@H](C)N(C)C(=O)c1ccc(N)cc1)C(C)(C)[C@@H](O)[C@H](C)[C@@H]1C[C@@](O)(NC(=O)O1)[C@H](OC)/C=C/C=C(\C)C2. The standard InChI is InChI=1S/C40H53ClN4O10/c1-22-11-10-12-31(53-9)40(51)21-30(54-38(50)43-40)23(2)35(47)39(4,5)32(20-33(46)45(7)28-18-25(17-22)19-29(52-8)34(28)41)55-37(49)24(3)44(6)36(48)26-13-15-27(42)16-14-26/h10-16,18-19,23-24,30-32,35,47,51H,17,20-21,42H2,1-9H3,(H,43,50)/b12-10+,22-11+/t23-,24+,30+,31-,32+,35+,40+/m1/s1. The number of halogens is 1. The largest absolute Gasteiger partial charge is 0.495 e. The number of anilines is 2. The van der Waals surface area contributed by atoms with Crippen molar-refractivity contribution in [3.63, 3.8) is 0 Å². The maximum atomic E-state index is 14.2. The van der Waals surface area contributed by atoms with Crippen molar-refractivity contribution >= 4 is 46.9 Å². The number of nitrogens with one attached hydrogen (secondary N) is 1. The molecule has 2 aliphatic heterocycles. The summed E-state index contributed by atoms with van der Waals surface area (Å²) < 4.78 is 22.9. The first-order valence-corrected chi connectivity index (χ1v) is 18.3. The third-order valence-corrected chi connectivity index (χ3v) is 11.1. The van der Waals surface area contributed by atoms with Crippen molar-refractivity contribution in [1.82, 2.24) is 10.2 Å². The summed E-state index contributed by atoms with van der Waals surface area (Å²) in [6, 6.07) is 8.64. The second kappa shape index (κ2) is 17.4. The van der Waals surface area contributed by atoms with Crippen LogP contribution in [0.25, 0.3) is 0 Å².